The van der Waals surface area contributed by atoms with Crippen molar-refractivity contribution < 1.29 is 0 Å². The maximum atomic E-state index is 3.77. The lowest BCUT2D eigenvalue weighted by molar-refractivity contribution is 0.0819. The Hall–Kier alpha value is -0.0800. The van der Waals surface area contributed by atoms with Gasteiger partial charge in [-0.25, -0.2) is 0 Å². The van der Waals surface area contributed by atoms with Crippen LogP contribution in [0.4, 0.5) is 0 Å². The molecule has 0 heterocycles. The SMILES string of the molecule is CCCNC1CCCC(N(CC(C)C)C2CCCC2)C1. The summed E-state index contributed by atoms with van der Waals surface area (Å²) in [5.74, 6) is 0.805. The van der Waals surface area contributed by atoms with Gasteiger partial charge in [0.25, 0.3) is 0 Å². The summed E-state index contributed by atoms with van der Waals surface area (Å²) in [6, 6.07) is 2.53. The van der Waals surface area contributed by atoms with Gasteiger partial charge in [-0.15, -0.1) is 0 Å². The van der Waals surface area contributed by atoms with Crippen molar-refractivity contribution in [1.29, 1.82) is 0 Å². The Labute approximate surface area is 126 Å². The van der Waals surface area contributed by atoms with Crippen LogP contribution in [0.25, 0.3) is 0 Å². The summed E-state index contributed by atoms with van der Waals surface area (Å²) in [4.78, 5) is 2.91. The highest BCUT2D eigenvalue weighted by molar-refractivity contribution is 4.89. The topological polar surface area (TPSA) is 15.3 Å². The minimum Gasteiger partial charge on any atom is -0.314 e. The highest BCUT2D eigenvalue weighted by Crippen LogP contribution is 2.31. The van der Waals surface area contributed by atoms with E-state index in [4.69, 9.17) is 0 Å². The summed E-state index contributed by atoms with van der Waals surface area (Å²) in [5.41, 5.74) is 0. The zero-order valence-electron chi connectivity index (χ0n) is 14.0. The van der Waals surface area contributed by atoms with E-state index in [0.29, 0.717) is 0 Å². The molecular formula is C18H36N2. The van der Waals surface area contributed by atoms with Gasteiger partial charge in [0.1, 0.15) is 0 Å². The largest absolute Gasteiger partial charge is 0.314 e. The Morgan fingerprint density at radius 2 is 1.70 bits per heavy atom. The zero-order chi connectivity index (χ0) is 14.4. The third kappa shape index (κ3) is 4.73. The summed E-state index contributed by atoms with van der Waals surface area (Å²) in [6.45, 7) is 9.56. The number of hydrogen-bond acceptors (Lipinski definition) is 2. The average Bonchev–Trinajstić information content (AvgIpc) is 2.96. The standard InChI is InChI=1S/C18H36N2/c1-4-12-19-16-8-7-11-18(13-16)20(14-15(2)3)17-9-5-6-10-17/h15-19H,4-14H2,1-3H3. The predicted octanol–water partition coefficient (Wildman–Crippen LogP) is 4.20. The summed E-state index contributed by atoms with van der Waals surface area (Å²) in [5, 5.41) is 3.77. The third-order valence-corrected chi connectivity index (χ3v) is 5.17. The second kappa shape index (κ2) is 8.38. The van der Waals surface area contributed by atoms with Gasteiger partial charge in [0, 0.05) is 24.7 Å². The second-order valence-electron chi connectivity index (χ2n) is 7.50. The molecule has 0 aliphatic heterocycles. The lowest BCUT2D eigenvalue weighted by atomic mass is 9.88. The molecule has 0 bridgehead atoms. The molecular weight excluding hydrogens is 244 g/mol. The van der Waals surface area contributed by atoms with E-state index in [1.807, 2.05) is 0 Å². The third-order valence-electron chi connectivity index (χ3n) is 5.17. The monoisotopic (exact) mass is 280 g/mol. The fourth-order valence-electron chi connectivity index (χ4n) is 4.25. The Kier molecular flexibility index (Phi) is 6.83. The Balaban J connectivity index is 1.92. The van der Waals surface area contributed by atoms with Gasteiger partial charge in [-0.3, -0.25) is 4.90 Å². The minimum absolute atomic E-state index is 0.782. The van der Waals surface area contributed by atoms with Gasteiger partial charge in [0.2, 0.25) is 0 Å². The first kappa shape index (κ1) is 16.3. The Morgan fingerprint density at radius 3 is 2.35 bits per heavy atom. The van der Waals surface area contributed by atoms with Gasteiger partial charge < -0.3 is 5.32 Å². The van der Waals surface area contributed by atoms with Crippen molar-refractivity contribution in [2.45, 2.75) is 96.7 Å². The molecule has 2 fully saturated rings. The minimum atomic E-state index is 0.782. The molecule has 2 atom stereocenters. The van der Waals surface area contributed by atoms with E-state index < -0.39 is 0 Å². The fourth-order valence-corrected chi connectivity index (χ4v) is 4.25. The second-order valence-corrected chi connectivity index (χ2v) is 7.50. The van der Waals surface area contributed by atoms with Crippen LogP contribution in [0, 0.1) is 5.92 Å². The summed E-state index contributed by atoms with van der Waals surface area (Å²) in [7, 11) is 0. The van der Waals surface area contributed by atoms with Crippen molar-refractivity contribution in [3.63, 3.8) is 0 Å². The van der Waals surface area contributed by atoms with Crippen molar-refractivity contribution in [3.05, 3.63) is 0 Å². The molecule has 0 amide bonds. The molecule has 0 spiro atoms. The first-order chi connectivity index (χ1) is 9.70. The molecule has 0 saturated heterocycles. The highest BCUT2D eigenvalue weighted by Gasteiger charge is 2.32. The van der Waals surface area contributed by atoms with Gasteiger partial charge in [-0.05, 0) is 51.0 Å². The van der Waals surface area contributed by atoms with Crippen LogP contribution in [-0.2, 0) is 0 Å². The summed E-state index contributed by atoms with van der Waals surface area (Å²) in [6.07, 6.45) is 12.7. The van der Waals surface area contributed by atoms with Crippen molar-refractivity contribution in [3.8, 4) is 0 Å². The molecule has 118 valence electrons. The summed E-state index contributed by atoms with van der Waals surface area (Å²) < 4.78 is 0. The number of hydrogen-bond donors (Lipinski definition) is 1. The van der Waals surface area contributed by atoms with Crippen LogP contribution in [0.15, 0.2) is 0 Å². The molecule has 2 unspecified atom stereocenters. The lowest BCUT2D eigenvalue weighted by Crippen LogP contribution is -2.49. The Bertz CT molecular complexity index is 258. The van der Waals surface area contributed by atoms with Crippen molar-refractivity contribution in [2.75, 3.05) is 13.1 Å². The number of nitrogens with zero attached hydrogens (tertiary/aromatic N) is 1. The van der Waals surface area contributed by atoms with E-state index in [0.717, 1.165) is 24.0 Å². The summed E-state index contributed by atoms with van der Waals surface area (Å²) >= 11 is 0. The molecule has 2 aliphatic carbocycles. The van der Waals surface area contributed by atoms with E-state index in [1.165, 1.54) is 70.9 Å². The van der Waals surface area contributed by atoms with Gasteiger partial charge >= 0.3 is 0 Å². The molecule has 0 aromatic carbocycles. The maximum absolute atomic E-state index is 3.77. The van der Waals surface area contributed by atoms with Crippen molar-refractivity contribution >= 4 is 0 Å². The van der Waals surface area contributed by atoms with Crippen LogP contribution in [0.1, 0.15) is 78.6 Å². The molecule has 0 aromatic heterocycles. The highest BCUT2D eigenvalue weighted by atomic mass is 15.2. The van der Waals surface area contributed by atoms with Crippen LogP contribution in [-0.4, -0.2) is 36.1 Å². The molecule has 2 heteroatoms. The van der Waals surface area contributed by atoms with Crippen LogP contribution < -0.4 is 5.32 Å². The van der Waals surface area contributed by atoms with E-state index in [1.54, 1.807) is 0 Å². The van der Waals surface area contributed by atoms with Crippen molar-refractivity contribution in [2.24, 2.45) is 5.92 Å². The van der Waals surface area contributed by atoms with Gasteiger partial charge in [-0.2, -0.15) is 0 Å². The molecule has 2 aliphatic rings. The van der Waals surface area contributed by atoms with Crippen LogP contribution >= 0.6 is 0 Å². The predicted molar refractivity (Wildman–Crippen MR) is 88.1 cm³/mol. The zero-order valence-corrected chi connectivity index (χ0v) is 14.0. The number of rotatable bonds is 7. The van der Waals surface area contributed by atoms with Gasteiger partial charge in [0.15, 0.2) is 0 Å². The normalized spacial score (nSPS) is 28.6. The fraction of sp³-hybridized carbons (Fsp3) is 1.00. The molecule has 0 aromatic rings. The lowest BCUT2D eigenvalue weighted by Gasteiger charge is -2.42. The van der Waals surface area contributed by atoms with Crippen LogP contribution in [0.5, 0.6) is 0 Å². The molecule has 20 heavy (non-hydrogen) atoms. The van der Waals surface area contributed by atoms with Crippen LogP contribution in [0.3, 0.4) is 0 Å². The first-order valence-electron chi connectivity index (χ1n) is 9.19. The van der Waals surface area contributed by atoms with Gasteiger partial charge in [-0.1, -0.05) is 40.0 Å². The molecule has 1 N–H and O–H groups in total. The van der Waals surface area contributed by atoms with Crippen molar-refractivity contribution in [1.82, 2.24) is 10.2 Å². The maximum Gasteiger partial charge on any atom is 0.0113 e. The first-order valence-corrected chi connectivity index (χ1v) is 9.19. The molecule has 2 rings (SSSR count). The van der Waals surface area contributed by atoms with E-state index in [-0.39, 0.29) is 0 Å². The molecule has 2 nitrogen and oxygen atoms in total. The smallest absolute Gasteiger partial charge is 0.0113 e. The number of nitrogens with one attached hydrogen (secondary N) is 1. The molecule has 2 saturated carbocycles. The molecule has 0 radical (unpaired) electrons. The Morgan fingerprint density at radius 1 is 1.00 bits per heavy atom. The quantitative estimate of drug-likeness (QED) is 0.752. The average molecular weight is 280 g/mol. The van der Waals surface area contributed by atoms with E-state index in [9.17, 15) is 0 Å². The van der Waals surface area contributed by atoms with Crippen LogP contribution in [0.2, 0.25) is 0 Å². The van der Waals surface area contributed by atoms with Gasteiger partial charge in [0.05, 0.1) is 0 Å². The van der Waals surface area contributed by atoms with E-state index in [2.05, 4.69) is 31.0 Å². The van der Waals surface area contributed by atoms with E-state index >= 15 is 0 Å².